The van der Waals surface area contributed by atoms with Crippen molar-refractivity contribution in [3.05, 3.63) is 39.6 Å². The van der Waals surface area contributed by atoms with E-state index in [0.717, 1.165) is 16.3 Å². The quantitative estimate of drug-likeness (QED) is 0.609. The highest BCUT2D eigenvalue weighted by molar-refractivity contribution is 7.99. The van der Waals surface area contributed by atoms with Gasteiger partial charge in [-0.2, -0.15) is 5.10 Å². The molecule has 0 saturated heterocycles. The lowest BCUT2D eigenvalue weighted by atomic mass is 10.2. The molecule has 0 spiro atoms. The average Bonchev–Trinajstić information content (AvgIpc) is 2.75. The fourth-order valence-corrected chi connectivity index (χ4v) is 3.25. The largest absolute Gasteiger partial charge is 0.465 e. The van der Waals surface area contributed by atoms with Crippen LogP contribution in [0.1, 0.15) is 23.0 Å². The van der Waals surface area contributed by atoms with Crippen LogP contribution in [0.4, 0.5) is 0 Å². The Balaban J connectivity index is 2.53. The number of hydrogen-bond acceptors (Lipinski definition) is 4. The number of esters is 1. The zero-order valence-corrected chi connectivity index (χ0v) is 14.1. The maximum absolute atomic E-state index is 11.7. The zero-order chi connectivity index (χ0) is 15.6. The molecule has 0 bridgehead atoms. The molecule has 112 valence electrons. The van der Waals surface area contributed by atoms with E-state index in [1.807, 2.05) is 6.92 Å². The first kappa shape index (κ1) is 16.2. The number of rotatable bonds is 4. The number of carbonyl (C=O) groups excluding carboxylic acids is 1. The Hall–Kier alpha value is -1.17. The molecule has 0 aliphatic carbocycles. The highest BCUT2D eigenvalue weighted by atomic mass is 35.5. The Labute approximate surface area is 137 Å². The van der Waals surface area contributed by atoms with Gasteiger partial charge in [0.25, 0.3) is 0 Å². The lowest BCUT2D eigenvalue weighted by molar-refractivity contribution is 0.0601. The molecule has 1 aromatic heterocycles. The molecule has 0 aliphatic heterocycles. The molecule has 0 N–H and O–H groups in total. The number of aryl methyl sites for hydroxylation is 1. The van der Waals surface area contributed by atoms with Gasteiger partial charge in [-0.25, -0.2) is 9.48 Å². The minimum Gasteiger partial charge on any atom is -0.465 e. The fourth-order valence-electron chi connectivity index (χ4n) is 1.88. The van der Waals surface area contributed by atoms with Crippen LogP contribution in [0.5, 0.6) is 0 Å². The van der Waals surface area contributed by atoms with E-state index < -0.39 is 5.97 Å². The van der Waals surface area contributed by atoms with Gasteiger partial charge in [-0.05, 0) is 30.9 Å². The van der Waals surface area contributed by atoms with Crippen LogP contribution in [0, 0.1) is 6.92 Å². The number of halogens is 2. The van der Waals surface area contributed by atoms with Crippen molar-refractivity contribution < 1.29 is 9.53 Å². The molecule has 2 rings (SSSR count). The summed E-state index contributed by atoms with van der Waals surface area (Å²) in [5, 5.41) is 5.28. The van der Waals surface area contributed by atoms with Crippen molar-refractivity contribution in [3.8, 4) is 5.69 Å². The highest BCUT2D eigenvalue weighted by Gasteiger charge is 2.17. The maximum atomic E-state index is 11.7. The van der Waals surface area contributed by atoms with Crippen LogP contribution in [0.3, 0.4) is 0 Å². The van der Waals surface area contributed by atoms with Crippen LogP contribution in [0.2, 0.25) is 10.2 Å². The van der Waals surface area contributed by atoms with E-state index in [2.05, 4.69) is 12.0 Å². The molecule has 0 atom stereocenters. The van der Waals surface area contributed by atoms with Gasteiger partial charge in [0, 0.05) is 0 Å². The summed E-state index contributed by atoms with van der Waals surface area (Å²) in [4.78, 5) is 12.6. The van der Waals surface area contributed by atoms with Crippen molar-refractivity contribution >= 4 is 40.9 Å². The Bertz CT molecular complexity index is 686. The Morgan fingerprint density at radius 2 is 2.14 bits per heavy atom. The second-order valence-electron chi connectivity index (χ2n) is 4.21. The monoisotopic (exact) mass is 344 g/mol. The van der Waals surface area contributed by atoms with Crippen molar-refractivity contribution in [1.29, 1.82) is 0 Å². The second kappa shape index (κ2) is 6.73. The molecule has 1 heterocycles. The number of methoxy groups -OCH3 is 1. The predicted molar refractivity (Wildman–Crippen MR) is 86.1 cm³/mol. The van der Waals surface area contributed by atoms with Gasteiger partial charge in [-0.3, -0.25) is 0 Å². The Morgan fingerprint density at radius 1 is 1.43 bits per heavy atom. The maximum Gasteiger partial charge on any atom is 0.339 e. The first-order valence-corrected chi connectivity index (χ1v) is 7.99. The molecule has 0 radical (unpaired) electrons. The van der Waals surface area contributed by atoms with Gasteiger partial charge in [0.2, 0.25) is 0 Å². The van der Waals surface area contributed by atoms with Crippen LogP contribution in [0.15, 0.2) is 23.1 Å². The van der Waals surface area contributed by atoms with Crippen LogP contribution >= 0.6 is 35.0 Å². The number of ether oxygens (including phenoxy) is 1. The first-order chi connectivity index (χ1) is 9.99. The predicted octanol–water partition coefficient (Wildman–Crippen LogP) is 4.39. The molecule has 0 fully saturated rings. The van der Waals surface area contributed by atoms with Crippen LogP contribution in [-0.4, -0.2) is 28.6 Å². The van der Waals surface area contributed by atoms with Crippen molar-refractivity contribution in [2.75, 3.05) is 12.9 Å². The van der Waals surface area contributed by atoms with Crippen LogP contribution in [-0.2, 0) is 4.74 Å². The smallest absolute Gasteiger partial charge is 0.339 e. The minimum absolute atomic E-state index is 0.283. The van der Waals surface area contributed by atoms with Gasteiger partial charge in [0.05, 0.1) is 34.0 Å². The van der Waals surface area contributed by atoms with Crippen molar-refractivity contribution in [3.63, 3.8) is 0 Å². The molecule has 7 heteroatoms. The topological polar surface area (TPSA) is 44.1 Å². The number of thioether (sulfide) groups is 1. The number of carbonyl (C=O) groups is 1. The standard InChI is InChI=1S/C14H14Cl2N2O2S/c1-4-21-12-8(2)17-18(13(12)16)9-5-6-11(15)10(7-9)14(19)20-3/h5-7H,4H2,1-3H3. The van der Waals surface area contributed by atoms with Crippen molar-refractivity contribution in [2.24, 2.45) is 0 Å². The van der Waals surface area contributed by atoms with Crippen molar-refractivity contribution in [1.82, 2.24) is 9.78 Å². The van der Waals surface area contributed by atoms with Gasteiger partial charge < -0.3 is 4.74 Å². The molecule has 4 nitrogen and oxygen atoms in total. The first-order valence-electron chi connectivity index (χ1n) is 6.25. The van der Waals surface area contributed by atoms with Crippen LogP contribution < -0.4 is 0 Å². The summed E-state index contributed by atoms with van der Waals surface area (Å²) in [6.45, 7) is 3.95. The molecule has 0 unspecified atom stereocenters. The molecular weight excluding hydrogens is 331 g/mol. The minimum atomic E-state index is -0.495. The van der Waals surface area contributed by atoms with E-state index in [-0.39, 0.29) is 5.56 Å². The molecule has 1 aromatic carbocycles. The molecule has 2 aromatic rings. The lowest BCUT2D eigenvalue weighted by Crippen LogP contribution is -2.05. The summed E-state index contributed by atoms with van der Waals surface area (Å²) >= 11 is 14.0. The summed E-state index contributed by atoms with van der Waals surface area (Å²) in [5.74, 6) is 0.408. The third-order valence-electron chi connectivity index (χ3n) is 2.84. The summed E-state index contributed by atoms with van der Waals surface area (Å²) in [5.41, 5.74) is 1.79. The number of hydrogen-bond donors (Lipinski definition) is 0. The molecular formula is C14H14Cl2N2O2S. The third kappa shape index (κ3) is 3.20. The average molecular weight is 345 g/mol. The lowest BCUT2D eigenvalue weighted by Gasteiger charge is -2.07. The van der Waals surface area contributed by atoms with Crippen molar-refractivity contribution in [2.45, 2.75) is 18.7 Å². The van der Waals surface area contributed by atoms with E-state index in [4.69, 9.17) is 27.9 Å². The van der Waals surface area contributed by atoms with Gasteiger partial charge in [0.15, 0.2) is 0 Å². The number of benzene rings is 1. The fraction of sp³-hybridized carbons (Fsp3) is 0.286. The van der Waals surface area contributed by atoms with E-state index in [9.17, 15) is 4.79 Å². The van der Waals surface area contributed by atoms with E-state index in [0.29, 0.717) is 15.9 Å². The van der Waals surface area contributed by atoms with E-state index in [1.165, 1.54) is 7.11 Å². The van der Waals surface area contributed by atoms with Crippen LogP contribution in [0.25, 0.3) is 5.69 Å². The molecule has 21 heavy (non-hydrogen) atoms. The Kier molecular flexibility index (Phi) is 5.19. The van der Waals surface area contributed by atoms with Gasteiger partial charge in [-0.1, -0.05) is 30.1 Å². The summed E-state index contributed by atoms with van der Waals surface area (Å²) in [6, 6.07) is 5.00. The van der Waals surface area contributed by atoms with Gasteiger partial charge in [-0.15, -0.1) is 11.8 Å². The highest BCUT2D eigenvalue weighted by Crippen LogP contribution is 2.32. The number of aromatic nitrogens is 2. The van der Waals surface area contributed by atoms with E-state index >= 15 is 0 Å². The zero-order valence-electron chi connectivity index (χ0n) is 11.8. The second-order valence-corrected chi connectivity index (χ2v) is 6.25. The number of nitrogens with zero attached hydrogens (tertiary/aromatic N) is 2. The summed E-state index contributed by atoms with van der Waals surface area (Å²) in [6.07, 6.45) is 0. The third-order valence-corrected chi connectivity index (χ3v) is 4.70. The molecule has 0 amide bonds. The van der Waals surface area contributed by atoms with Gasteiger partial charge >= 0.3 is 5.97 Å². The van der Waals surface area contributed by atoms with Gasteiger partial charge in [0.1, 0.15) is 5.15 Å². The summed E-state index contributed by atoms with van der Waals surface area (Å²) in [7, 11) is 1.31. The molecule has 0 aliphatic rings. The molecule has 0 saturated carbocycles. The van der Waals surface area contributed by atoms with E-state index in [1.54, 1.807) is 34.6 Å². The Morgan fingerprint density at radius 3 is 2.76 bits per heavy atom. The normalized spacial score (nSPS) is 10.7. The SMILES string of the molecule is CCSc1c(C)nn(-c2ccc(Cl)c(C(=O)OC)c2)c1Cl. The summed E-state index contributed by atoms with van der Waals surface area (Å²) < 4.78 is 6.31.